The lowest BCUT2D eigenvalue weighted by atomic mass is 9.73. The van der Waals surface area contributed by atoms with Gasteiger partial charge in [-0.2, -0.15) is 0 Å². The summed E-state index contributed by atoms with van der Waals surface area (Å²) in [4.78, 5) is 37.9. The van der Waals surface area contributed by atoms with Crippen LogP contribution in [0.3, 0.4) is 0 Å². The number of imide groups is 1. The Balaban J connectivity index is 1.45. The minimum atomic E-state index is -0.750. The van der Waals surface area contributed by atoms with Crippen LogP contribution in [-0.2, 0) is 14.3 Å². The van der Waals surface area contributed by atoms with Crippen LogP contribution in [0.25, 0.3) is 11.1 Å². The molecule has 0 N–H and O–H groups in total. The Labute approximate surface area is 166 Å². The van der Waals surface area contributed by atoms with E-state index in [1.807, 2.05) is 26.0 Å². The standard InChI is InChI=1S/C22H18N2O5/c1-21-11-12-22(2,29-21)18-17(21)19(25)23(20(18)26)15-7-3-13(4-8-15)14-5-9-16(10-6-14)24(27)28/h3-12,17-18H,1-2H3/t17-,18-,21-,22+/m1/s1. The van der Waals surface area contributed by atoms with Crippen LogP contribution in [-0.4, -0.2) is 27.9 Å². The quantitative estimate of drug-likeness (QED) is 0.346. The van der Waals surface area contributed by atoms with Gasteiger partial charge < -0.3 is 4.74 Å². The number of nitro groups is 1. The van der Waals surface area contributed by atoms with Gasteiger partial charge in [-0.3, -0.25) is 19.7 Å². The molecule has 29 heavy (non-hydrogen) atoms. The molecule has 2 aromatic rings. The fourth-order valence-corrected chi connectivity index (χ4v) is 4.86. The van der Waals surface area contributed by atoms with Crippen molar-refractivity contribution in [2.45, 2.75) is 25.0 Å². The molecule has 3 aliphatic heterocycles. The molecule has 0 spiro atoms. The topological polar surface area (TPSA) is 89.8 Å². The van der Waals surface area contributed by atoms with Gasteiger partial charge >= 0.3 is 0 Å². The summed E-state index contributed by atoms with van der Waals surface area (Å²) < 4.78 is 6.02. The van der Waals surface area contributed by atoms with Crippen LogP contribution in [0.1, 0.15) is 13.8 Å². The largest absolute Gasteiger partial charge is 0.359 e. The summed E-state index contributed by atoms with van der Waals surface area (Å²) in [5.74, 6) is -1.50. The number of nitro benzene ring substituents is 1. The van der Waals surface area contributed by atoms with E-state index in [1.165, 1.54) is 17.0 Å². The van der Waals surface area contributed by atoms with Crippen molar-refractivity contribution in [2.75, 3.05) is 4.90 Å². The molecule has 2 saturated heterocycles. The second-order valence-electron chi connectivity index (χ2n) is 8.12. The Kier molecular flexibility index (Phi) is 3.43. The second-order valence-corrected chi connectivity index (χ2v) is 8.12. The molecule has 4 atom stereocenters. The van der Waals surface area contributed by atoms with Gasteiger partial charge in [-0.05, 0) is 49.2 Å². The van der Waals surface area contributed by atoms with E-state index in [2.05, 4.69) is 0 Å². The lowest BCUT2D eigenvalue weighted by Gasteiger charge is -2.25. The highest BCUT2D eigenvalue weighted by Gasteiger charge is 2.70. The van der Waals surface area contributed by atoms with Crippen molar-refractivity contribution in [3.8, 4) is 11.1 Å². The Morgan fingerprint density at radius 1 is 0.862 bits per heavy atom. The Bertz CT molecular complexity index is 1060. The van der Waals surface area contributed by atoms with Gasteiger partial charge in [0.05, 0.1) is 33.6 Å². The number of amides is 2. The molecule has 3 aliphatic rings. The first-order valence-corrected chi connectivity index (χ1v) is 9.37. The van der Waals surface area contributed by atoms with E-state index < -0.39 is 28.0 Å². The molecule has 5 rings (SSSR count). The number of anilines is 1. The predicted molar refractivity (Wildman–Crippen MR) is 105 cm³/mol. The third kappa shape index (κ3) is 2.34. The average Bonchev–Trinajstić information content (AvgIpc) is 3.25. The summed E-state index contributed by atoms with van der Waals surface area (Å²) in [6, 6.07) is 13.3. The van der Waals surface area contributed by atoms with E-state index in [-0.39, 0.29) is 17.5 Å². The SMILES string of the molecule is C[C@]12C=C[C@](C)(O1)[C@H]1C(=O)N(c3ccc(-c4ccc([N+](=O)[O-])cc4)cc3)C(=O)[C@@H]12. The minimum Gasteiger partial charge on any atom is -0.359 e. The zero-order chi connectivity index (χ0) is 20.6. The number of hydrogen-bond donors (Lipinski definition) is 0. The van der Waals surface area contributed by atoms with Gasteiger partial charge in [0.15, 0.2) is 0 Å². The number of fused-ring (bicyclic) bond motifs is 5. The van der Waals surface area contributed by atoms with Crippen LogP contribution in [0.2, 0.25) is 0 Å². The predicted octanol–water partition coefficient (Wildman–Crippen LogP) is 3.48. The van der Waals surface area contributed by atoms with Crippen LogP contribution in [0.4, 0.5) is 11.4 Å². The Morgan fingerprint density at radius 3 is 1.76 bits per heavy atom. The van der Waals surface area contributed by atoms with Crippen LogP contribution in [0.5, 0.6) is 0 Å². The molecular formula is C22H18N2O5. The van der Waals surface area contributed by atoms with Crippen molar-refractivity contribution >= 4 is 23.2 Å². The van der Waals surface area contributed by atoms with Crippen molar-refractivity contribution in [2.24, 2.45) is 11.8 Å². The van der Waals surface area contributed by atoms with Crippen molar-refractivity contribution in [3.05, 3.63) is 70.8 Å². The number of nitrogens with zero attached hydrogens (tertiary/aromatic N) is 2. The van der Waals surface area contributed by atoms with Crippen LogP contribution in [0.15, 0.2) is 60.7 Å². The summed E-state index contributed by atoms with van der Waals surface area (Å²) in [7, 11) is 0. The highest BCUT2D eigenvalue weighted by atomic mass is 16.6. The fourth-order valence-electron chi connectivity index (χ4n) is 4.86. The Hall–Kier alpha value is -3.32. The molecule has 2 bridgehead atoms. The molecule has 2 aromatic carbocycles. The summed E-state index contributed by atoms with van der Waals surface area (Å²) in [5, 5.41) is 10.8. The first-order valence-electron chi connectivity index (χ1n) is 9.37. The van der Waals surface area contributed by atoms with Gasteiger partial charge in [-0.15, -0.1) is 0 Å². The zero-order valence-corrected chi connectivity index (χ0v) is 15.9. The van der Waals surface area contributed by atoms with Crippen molar-refractivity contribution in [1.82, 2.24) is 0 Å². The van der Waals surface area contributed by atoms with Crippen LogP contribution >= 0.6 is 0 Å². The molecule has 0 aromatic heterocycles. The molecule has 7 nitrogen and oxygen atoms in total. The van der Waals surface area contributed by atoms with Gasteiger partial charge in [-0.1, -0.05) is 24.3 Å². The third-order valence-electron chi connectivity index (χ3n) is 6.26. The number of carbonyl (C=O) groups excluding carboxylic acids is 2. The van der Waals surface area contributed by atoms with E-state index in [0.717, 1.165) is 11.1 Å². The fraction of sp³-hybridized carbons (Fsp3) is 0.273. The van der Waals surface area contributed by atoms with Crippen LogP contribution < -0.4 is 4.90 Å². The number of non-ortho nitro benzene ring substituents is 1. The van der Waals surface area contributed by atoms with Gasteiger partial charge in [0, 0.05) is 12.1 Å². The molecule has 7 heteroatoms. The molecule has 0 unspecified atom stereocenters. The lowest BCUT2D eigenvalue weighted by Crippen LogP contribution is -2.39. The normalized spacial score (nSPS) is 32.1. The second kappa shape index (κ2) is 5.61. The smallest absolute Gasteiger partial charge is 0.269 e. The molecule has 0 radical (unpaired) electrons. The molecule has 3 heterocycles. The first kappa shape index (κ1) is 17.8. The minimum absolute atomic E-state index is 0.0256. The van der Waals surface area contributed by atoms with Crippen molar-refractivity contribution < 1.29 is 19.2 Å². The summed E-state index contributed by atoms with van der Waals surface area (Å²) >= 11 is 0. The van der Waals surface area contributed by atoms with Gasteiger partial charge in [0.25, 0.3) is 5.69 Å². The number of carbonyl (C=O) groups is 2. The summed E-state index contributed by atoms with van der Waals surface area (Å²) in [6.45, 7) is 3.71. The summed E-state index contributed by atoms with van der Waals surface area (Å²) in [5.41, 5.74) is 0.698. The maximum absolute atomic E-state index is 13.1. The molecule has 2 amide bonds. The van der Waals surface area contributed by atoms with E-state index >= 15 is 0 Å². The van der Waals surface area contributed by atoms with E-state index in [1.54, 1.807) is 36.4 Å². The van der Waals surface area contributed by atoms with E-state index in [4.69, 9.17) is 4.74 Å². The summed E-state index contributed by atoms with van der Waals surface area (Å²) in [6.07, 6.45) is 3.78. The van der Waals surface area contributed by atoms with Gasteiger partial charge in [0.1, 0.15) is 0 Å². The highest BCUT2D eigenvalue weighted by Crippen LogP contribution is 2.57. The Morgan fingerprint density at radius 2 is 1.31 bits per heavy atom. The monoisotopic (exact) mass is 390 g/mol. The lowest BCUT2D eigenvalue weighted by molar-refractivity contribution is -0.384. The highest BCUT2D eigenvalue weighted by molar-refractivity contribution is 6.23. The third-order valence-corrected chi connectivity index (χ3v) is 6.26. The number of ether oxygens (including phenoxy) is 1. The zero-order valence-electron chi connectivity index (χ0n) is 15.9. The molecule has 146 valence electrons. The van der Waals surface area contributed by atoms with Crippen molar-refractivity contribution in [1.29, 1.82) is 0 Å². The molecule has 2 fully saturated rings. The number of hydrogen-bond acceptors (Lipinski definition) is 5. The van der Waals surface area contributed by atoms with Crippen molar-refractivity contribution in [3.63, 3.8) is 0 Å². The first-order chi connectivity index (χ1) is 13.7. The molecule has 0 aliphatic carbocycles. The number of benzene rings is 2. The van der Waals surface area contributed by atoms with E-state index in [0.29, 0.717) is 5.69 Å². The van der Waals surface area contributed by atoms with Gasteiger partial charge in [0.2, 0.25) is 11.8 Å². The maximum atomic E-state index is 13.1. The molecule has 0 saturated carbocycles. The van der Waals surface area contributed by atoms with Crippen LogP contribution in [0, 0.1) is 22.0 Å². The maximum Gasteiger partial charge on any atom is 0.269 e. The van der Waals surface area contributed by atoms with E-state index in [9.17, 15) is 19.7 Å². The molecular weight excluding hydrogens is 372 g/mol. The number of rotatable bonds is 3. The van der Waals surface area contributed by atoms with Gasteiger partial charge in [-0.25, -0.2) is 4.90 Å². The average molecular weight is 390 g/mol.